The Morgan fingerprint density at radius 1 is 1.17 bits per heavy atom. The number of ether oxygens (including phenoxy) is 1. The molecule has 0 saturated carbocycles. The summed E-state index contributed by atoms with van der Waals surface area (Å²) >= 11 is 0. The lowest BCUT2D eigenvalue weighted by atomic mass is 9.78. The molecule has 1 atom stereocenters. The molecule has 1 spiro atoms. The summed E-state index contributed by atoms with van der Waals surface area (Å²) in [5.74, 6) is 2.02. The van der Waals surface area contributed by atoms with E-state index in [9.17, 15) is 4.79 Å². The number of hydrogen-bond acceptors (Lipinski definition) is 6. The van der Waals surface area contributed by atoms with Gasteiger partial charge in [-0.1, -0.05) is 35.5 Å². The van der Waals surface area contributed by atoms with E-state index in [1.54, 1.807) is 0 Å². The van der Waals surface area contributed by atoms with Crippen LogP contribution in [0.5, 0.6) is 0 Å². The van der Waals surface area contributed by atoms with Crippen LogP contribution in [0.1, 0.15) is 54.9 Å². The fourth-order valence-corrected chi connectivity index (χ4v) is 5.67. The summed E-state index contributed by atoms with van der Waals surface area (Å²) in [5, 5.41) is 8.64. The van der Waals surface area contributed by atoms with Crippen molar-refractivity contribution in [2.24, 2.45) is 13.0 Å². The highest BCUT2D eigenvalue weighted by molar-refractivity contribution is 5.76. The number of nitrogens with zero attached hydrogens (tertiary/aromatic N) is 5. The highest BCUT2D eigenvalue weighted by atomic mass is 16.5. The SMILES string of the molecule is Cc1nn(C)c(C)c1CCC(=O)N1CCC2(CC1)CC(Cc1nc(-c3ccccc3)no1)CCO2. The number of rotatable bonds is 6. The van der Waals surface area contributed by atoms with Gasteiger partial charge in [-0.3, -0.25) is 9.48 Å². The quantitative estimate of drug-likeness (QED) is 0.532. The fraction of sp³-hybridized carbons (Fsp3) is 0.556. The van der Waals surface area contributed by atoms with E-state index in [1.165, 1.54) is 5.56 Å². The van der Waals surface area contributed by atoms with Crippen molar-refractivity contribution in [1.82, 2.24) is 24.8 Å². The summed E-state index contributed by atoms with van der Waals surface area (Å²) in [4.78, 5) is 19.6. The maximum absolute atomic E-state index is 12.9. The molecule has 2 aromatic heterocycles. The Balaban J connectivity index is 1.13. The van der Waals surface area contributed by atoms with E-state index in [1.807, 2.05) is 53.9 Å². The van der Waals surface area contributed by atoms with Gasteiger partial charge in [-0.15, -0.1) is 0 Å². The van der Waals surface area contributed by atoms with Gasteiger partial charge >= 0.3 is 0 Å². The van der Waals surface area contributed by atoms with E-state index in [-0.39, 0.29) is 11.5 Å². The predicted molar refractivity (Wildman–Crippen MR) is 132 cm³/mol. The van der Waals surface area contributed by atoms with Crippen LogP contribution in [0.15, 0.2) is 34.9 Å². The zero-order chi connectivity index (χ0) is 24.4. The minimum Gasteiger partial charge on any atom is -0.375 e. The standard InChI is InChI=1S/C27H35N5O3/c1-19-23(20(2)31(3)29-19)9-10-25(33)32-14-12-27(13-15-32)18-21(11-16-34-27)17-24-28-26(30-35-24)22-7-5-4-6-8-22/h4-8,21H,9-18H2,1-3H3. The molecule has 186 valence electrons. The van der Waals surface area contributed by atoms with Crippen molar-refractivity contribution >= 4 is 5.91 Å². The molecular formula is C27H35N5O3. The van der Waals surface area contributed by atoms with Crippen LogP contribution in [0, 0.1) is 19.8 Å². The van der Waals surface area contributed by atoms with Gasteiger partial charge in [0, 0.05) is 50.8 Å². The number of hydrogen-bond donors (Lipinski definition) is 0. The van der Waals surface area contributed by atoms with Crippen molar-refractivity contribution in [1.29, 1.82) is 0 Å². The Kier molecular flexibility index (Phi) is 6.73. The number of piperidine rings is 1. The first-order valence-electron chi connectivity index (χ1n) is 12.7. The molecule has 1 amide bonds. The predicted octanol–water partition coefficient (Wildman–Crippen LogP) is 4.05. The number of carbonyl (C=O) groups is 1. The van der Waals surface area contributed by atoms with Crippen LogP contribution in [0.3, 0.4) is 0 Å². The first-order valence-corrected chi connectivity index (χ1v) is 12.7. The van der Waals surface area contributed by atoms with Gasteiger partial charge in [0.2, 0.25) is 17.6 Å². The molecule has 1 aromatic carbocycles. The van der Waals surface area contributed by atoms with Crippen LogP contribution in [0.2, 0.25) is 0 Å². The highest BCUT2D eigenvalue weighted by Gasteiger charge is 2.41. The Labute approximate surface area is 206 Å². The van der Waals surface area contributed by atoms with Crippen molar-refractivity contribution in [3.8, 4) is 11.4 Å². The van der Waals surface area contributed by atoms with Gasteiger partial charge in [0.25, 0.3) is 0 Å². The van der Waals surface area contributed by atoms with Crippen LogP contribution in [-0.2, 0) is 29.4 Å². The molecule has 4 heterocycles. The summed E-state index contributed by atoms with van der Waals surface area (Å²) in [6, 6.07) is 9.92. The monoisotopic (exact) mass is 477 g/mol. The molecule has 2 saturated heterocycles. The summed E-state index contributed by atoms with van der Waals surface area (Å²) in [7, 11) is 1.95. The van der Waals surface area contributed by atoms with E-state index < -0.39 is 0 Å². The molecule has 1 unspecified atom stereocenters. The molecule has 0 aliphatic carbocycles. The van der Waals surface area contributed by atoms with Crippen molar-refractivity contribution in [3.63, 3.8) is 0 Å². The average Bonchev–Trinajstić information content (AvgIpc) is 3.42. The van der Waals surface area contributed by atoms with E-state index in [0.29, 0.717) is 24.1 Å². The zero-order valence-electron chi connectivity index (χ0n) is 21.0. The minimum atomic E-state index is -0.140. The lowest BCUT2D eigenvalue weighted by molar-refractivity contribution is -0.147. The molecule has 8 nitrogen and oxygen atoms in total. The van der Waals surface area contributed by atoms with Gasteiger partial charge in [-0.2, -0.15) is 10.1 Å². The molecule has 5 rings (SSSR count). The van der Waals surface area contributed by atoms with Crippen LogP contribution < -0.4 is 0 Å². The molecule has 2 aliphatic rings. The number of likely N-dealkylation sites (tertiary alicyclic amines) is 1. The molecule has 0 radical (unpaired) electrons. The number of carbonyl (C=O) groups excluding carboxylic acids is 1. The lowest BCUT2D eigenvalue weighted by Gasteiger charge is -2.46. The second kappa shape index (κ2) is 9.93. The van der Waals surface area contributed by atoms with Crippen LogP contribution in [-0.4, -0.2) is 56.0 Å². The molecule has 2 aliphatic heterocycles. The van der Waals surface area contributed by atoms with Crippen molar-refractivity contribution in [3.05, 3.63) is 53.2 Å². The summed E-state index contributed by atoms with van der Waals surface area (Å²) in [5.41, 5.74) is 4.19. The second-order valence-electron chi connectivity index (χ2n) is 10.1. The topological polar surface area (TPSA) is 86.3 Å². The maximum atomic E-state index is 12.9. The zero-order valence-corrected chi connectivity index (χ0v) is 21.0. The van der Waals surface area contributed by atoms with Gasteiger partial charge < -0.3 is 14.2 Å². The number of aryl methyl sites for hydroxylation is 2. The average molecular weight is 478 g/mol. The number of benzene rings is 1. The first-order chi connectivity index (χ1) is 16.9. The van der Waals surface area contributed by atoms with Crippen LogP contribution in [0.4, 0.5) is 0 Å². The Morgan fingerprint density at radius 2 is 1.94 bits per heavy atom. The largest absolute Gasteiger partial charge is 0.375 e. The molecule has 0 N–H and O–H groups in total. The van der Waals surface area contributed by atoms with E-state index >= 15 is 0 Å². The van der Waals surface area contributed by atoms with Gasteiger partial charge in [0.1, 0.15) is 0 Å². The minimum absolute atomic E-state index is 0.140. The molecule has 3 aromatic rings. The van der Waals surface area contributed by atoms with Crippen molar-refractivity contribution in [2.45, 2.75) is 64.4 Å². The van der Waals surface area contributed by atoms with Crippen LogP contribution in [0.25, 0.3) is 11.4 Å². The Morgan fingerprint density at radius 3 is 2.66 bits per heavy atom. The first kappa shape index (κ1) is 23.7. The van der Waals surface area contributed by atoms with E-state index in [2.05, 4.69) is 22.2 Å². The van der Waals surface area contributed by atoms with Crippen LogP contribution >= 0.6 is 0 Å². The van der Waals surface area contributed by atoms with E-state index in [4.69, 9.17) is 9.26 Å². The summed E-state index contributed by atoms with van der Waals surface area (Å²) < 4.78 is 13.8. The lowest BCUT2D eigenvalue weighted by Crippen LogP contribution is -2.51. The third-order valence-electron chi connectivity index (χ3n) is 7.83. The second-order valence-corrected chi connectivity index (χ2v) is 10.1. The summed E-state index contributed by atoms with van der Waals surface area (Å²) in [6.45, 7) is 6.35. The van der Waals surface area contributed by atoms with Crippen molar-refractivity contribution < 1.29 is 14.1 Å². The van der Waals surface area contributed by atoms with E-state index in [0.717, 1.165) is 75.2 Å². The van der Waals surface area contributed by atoms with Gasteiger partial charge in [-0.25, -0.2) is 0 Å². The molecule has 2 fully saturated rings. The Bertz CT molecular complexity index is 1160. The molecular weight excluding hydrogens is 442 g/mol. The maximum Gasteiger partial charge on any atom is 0.227 e. The third kappa shape index (κ3) is 5.17. The summed E-state index contributed by atoms with van der Waals surface area (Å²) in [6.07, 6.45) is 5.81. The smallest absolute Gasteiger partial charge is 0.227 e. The molecule has 35 heavy (non-hydrogen) atoms. The number of aromatic nitrogens is 4. The van der Waals surface area contributed by atoms with Gasteiger partial charge in [0.15, 0.2) is 0 Å². The third-order valence-corrected chi connectivity index (χ3v) is 7.83. The highest BCUT2D eigenvalue weighted by Crippen LogP contribution is 2.39. The molecule has 0 bridgehead atoms. The number of amides is 1. The molecule has 8 heteroatoms. The Hall–Kier alpha value is -3.00. The van der Waals surface area contributed by atoms with Gasteiger partial charge in [-0.05, 0) is 57.4 Å². The van der Waals surface area contributed by atoms with Gasteiger partial charge in [0.05, 0.1) is 11.3 Å². The van der Waals surface area contributed by atoms with Crippen molar-refractivity contribution in [2.75, 3.05) is 19.7 Å². The fourth-order valence-electron chi connectivity index (χ4n) is 5.67. The normalized spacial score (nSPS) is 19.9.